The van der Waals surface area contributed by atoms with Gasteiger partial charge in [-0.25, -0.2) is 0 Å². The summed E-state index contributed by atoms with van der Waals surface area (Å²) in [6.07, 6.45) is 12.0. The van der Waals surface area contributed by atoms with Gasteiger partial charge in [0.15, 0.2) is 6.29 Å². The number of hydrogen-bond donors (Lipinski definition) is 0. The molecule has 0 radical (unpaired) electrons. The van der Waals surface area contributed by atoms with Crippen molar-refractivity contribution in [3.05, 3.63) is 48.6 Å². The number of hydrogen-bond acceptors (Lipinski definition) is 3. The molecule has 3 nitrogen and oxygen atoms in total. The van der Waals surface area contributed by atoms with E-state index in [1.54, 1.807) is 0 Å². The summed E-state index contributed by atoms with van der Waals surface area (Å²) in [5.41, 5.74) is 1.07. The Kier molecular flexibility index (Phi) is 9.77. The Morgan fingerprint density at radius 2 is 1.54 bits per heavy atom. The fourth-order valence-electron chi connectivity index (χ4n) is 2.91. The molecular formula is C21H32O3. The van der Waals surface area contributed by atoms with Crippen LogP contribution in [0.4, 0.5) is 0 Å². The predicted molar refractivity (Wildman–Crippen MR) is 98.0 cm³/mol. The third-order valence-electron chi connectivity index (χ3n) is 4.34. The van der Waals surface area contributed by atoms with Crippen LogP contribution in [-0.4, -0.2) is 25.9 Å². The summed E-state index contributed by atoms with van der Waals surface area (Å²) < 4.78 is 17.4. The van der Waals surface area contributed by atoms with Gasteiger partial charge >= 0.3 is 0 Å². The Labute approximate surface area is 147 Å². The molecule has 0 aliphatic carbocycles. The Balaban J connectivity index is 1.43. The monoisotopic (exact) mass is 332 g/mol. The van der Waals surface area contributed by atoms with Crippen LogP contribution in [0.1, 0.15) is 63.2 Å². The zero-order chi connectivity index (χ0) is 16.9. The number of allylic oxidation sites excluding steroid dienone is 1. The van der Waals surface area contributed by atoms with Crippen molar-refractivity contribution in [2.24, 2.45) is 0 Å². The van der Waals surface area contributed by atoms with E-state index in [-0.39, 0.29) is 12.4 Å². The zero-order valence-electron chi connectivity index (χ0n) is 14.8. The van der Waals surface area contributed by atoms with Crippen LogP contribution in [0, 0.1) is 0 Å². The topological polar surface area (TPSA) is 27.7 Å². The second-order valence-electron chi connectivity index (χ2n) is 6.45. The average Bonchev–Trinajstić information content (AvgIpc) is 2.64. The highest BCUT2D eigenvalue weighted by molar-refractivity contribution is 5.16. The molecule has 1 heterocycles. The standard InChI is InChI=1S/C21H32O3/c1-2-3-4-5-6-7-8-9-13-16-22-20-17-23-21(24-18-20)19-14-11-10-12-15-19/h2,10-12,14-15,20-21H,1,3-9,13,16-18H2. The molecule has 3 heteroatoms. The van der Waals surface area contributed by atoms with Crippen molar-refractivity contribution in [1.82, 2.24) is 0 Å². The van der Waals surface area contributed by atoms with Crippen molar-refractivity contribution < 1.29 is 14.2 Å². The molecule has 0 amide bonds. The largest absolute Gasteiger partial charge is 0.373 e. The van der Waals surface area contributed by atoms with Crippen LogP contribution >= 0.6 is 0 Å². The van der Waals surface area contributed by atoms with Crippen molar-refractivity contribution in [3.63, 3.8) is 0 Å². The van der Waals surface area contributed by atoms with E-state index in [4.69, 9.17) is 14.2 Å². The van der Waals surface area contributed by atoms with E-state index in [0.29, 0.717) is 13.2 Å². The molecule has 1 aromatic carbocycles. The van der Waals surface area contributed by atoms with E-state index in [1.165, 1.54) is 38.5 Å². The molecule has 0 bridgehead atoms. The van der Waals surface area contributed by atoms with E-state index < -0.39 is 0 Å². The summed E-state index contributed by atoms with van der Waals surface area (Å²) in [6.45, 7) is 5.79. The summed E-state index contributed by atoms with van der Waals surface area (Å²) in [5.74, 6) is 0. The first-order valence-electron chi connectivity index (χ1n) is 9.41. The second-order valence-corrected chi connectivity index (χ2v) is 6.45. The molecule has 2 rings (SSSR count). The molecule has 0 aromatic heterocycles. The Hall–Kier alpha value is -1.16. The predicted octanol–water partition coefficient (Wildman–Crippen LogP) is 5.42. The van der Waals surface area contributed by atoms with Crippen molar-refractivity contribution in [2.45, 2.75) is 63.8 Å². The van der Waals surface area contributed by atoms with E-state index in [2.05, 4.69) is 6.58 Å². The molecule has 1 fully saturated rings. The molecule has 0 N–H and O–H groups in total. The molecule has 1 saturated heterocycles. The quantitative estimate of drug-likeness (QED) is 0.377. The van der Waals surface area contributed by atoms with Crippen LogP contribution in [0.25, 0.3) is 0 Å². The van der Waals surface area contributed by atoms with Gasteiger partial charge in [-0.1, -0.05) is 68.5 Å². The lowest BCUT2D eigenvalue weighted by Gasteiger charge is -2.29. The van der Waals surface area contributed by atoms with Gasteiger partial charge in [-0.15, -0.1) is 6.58 Å². The van der Waals surface area contributed by atoms with E-state index >= 15 is 0 Å². The summed E-state index contributed by atoms with van der Waals surface area (Å²) in [5, 5.41) is 0. The van der Waals surface area contributed by atoms with Gasteiger partial charge in [0.25, 0.3) is 0 Å². The molecule has 1 aromatic rings. The number of ether oxygens (including phenoxy) is 3. The van der Waals surface area contributed by atoms with Gasteiger partial charge in [0.2, 0.25) is 0 Å². The maximum absolute atomic E-state index is 5.87. The Morgan fingerprint density at radius 1 is 0.917 bits per heavy atom. The lowest BCUT2D eigenvalue weighted by Crippen LogP contribution is -2.33. The van der Waals surface area contributed by atoms with Crippen LogP contribution in [-0.2, 0) is 14.2 Å². The van der Waals surface area contributed by atoms with Crippen LogP contribution in [0.3, 0.4) is 0 Å². The van der Waals surface area contributed by atoms with Gasteiger partial charge in [-0.05, 0) is 19.3 Å². The molecule has 0 saturated carbocycles. The highest BCUT2D eigenvalue weighted by Gasteiger charge is 2.23. The Morgan fingerprint density at radius 3 is 2.21 bits per heavy atom. The maximum atomic E-state index is 5.87. The minimum Gasteiger partial charge on any atom is -0.373 e. The summed E-state index contributed by atoms with van der Waals surface area (Å²) >= 11 is 0. The van der Waals surface area contributed by atoms with Crippen molar-refractivity contribution in [3.8, 4) is 0 Å². The molecule has 24 heavy (non-hydrogen) atoms. The van der Waals surface area contributed by atoms with Crippen molar-refractivity contribution in [2.75, 3.05) is 19.8 Å². The van der Waals surface area contributed by atoms with Gasteiger partial charge in [-0.3, -0.25) is 0 Å². The molecule has 0 spiro atoms. The van der Waals surface area contributed by atoms with Gasteiger partial charge in [-0.2, -0.15) is 0 Å². The van der Waals surface area contributed by atoms with Gasteiger partial charge in [0, 0.05) is 12.2 Å². The number of unbranched alkanes of at least 4 members (excludes halogenated alkanes) is 7. The van der Waals surface area contributed by atoms with Crippen LogP contribution in [0.2, 0.25) is 0 Å². The average molecular weight is 332 g/mol. The lowest BCUT2D eigenvalue weighted by molar-refractivity contribution is -0.230. The first-order chi connectivity index (χ1) is 11.9. The smallest absolute Gasteiger partial charge is 0.184 e. The normalized spacial score (nSPS) is 20.8. The SMILES string of the molecule is C=CCCCCCCCCCOC1COC(c2ccccc2)OC1. The van der Waals surface area contributed by atoms with Crippen molar-refractivity contribution in [1.29, 1.82) is 0 Å². The summed E-state index contributed by atoms with van der Waals surface area (Å²) in [6, 6.07) is 10.1. The minimum atomic E-state index is -0.243. The minimum absolute atomic E-state index is 0.0730. The van der Waals surface area contributed by atoms with Crippen molar-refractivity contribution >= 4 is 0 Å². The van der Waals surface area contributed by atoms with Gasteiger partial charge in [0.05, 0.1) is 13.2 Å². The first kappa shape index (κ1) is 19.2. The third-order valence-corrected chi connectivity index (χ3v) is 4.34. The van der Waals surface area contributed by atoms with Crippen LogP contribution < -0.4 is 0 Å². The van der Waals surface area contributed by atoms with Crippen LogP contribution in [0.15, 0.2) is 43.0 Å². The third kappa shape index (κ3) is 7.61. The molecule has 1 aliphatic rings. The highest BCUT2D eigenvalue weighted by atomic mass is 16.7. The Bertz CT molecular complexity index is 424. The summed E-state index contributed by atoms with van der Waals surface area (Å²) in [4.78, 5) is 0. The number of rotatable bonds is 12. The van der Waals surface area contributed by atoms with Gasteiger partial charge < -0.3 is 14.2 Å². The van der Waals surface area contributed by atoms with E-state index in [1.807, 2.05) is 36.4 Å². The summed E-state index contributed by atoms with van der Waals surface area (Å²) in [7, 11) is 0. The van der Waals surface area contributed by atoms with Gasteiger partial charge in [0.1, 0.15) is 6.10 Å². The highest BCUT2D eigenvalue weighted by Crippen LogP contribution is 2.23. The lowest BCUT2D eigenvalue weighted by atomic mass is 10.1. The first-order valence-corrected chi connectivity index (χ1v) is 9.41. The zero-order valence-corrected chi connectivity index (χ0v) is 14.8. The fraction of sp³-hybridized carbons (Fsp3) is 0.619. The fourth-order valence-corrected chi connectivity index (χ4v) is 2.91. The number of benzene rings is 1. The molecule has 0 unspecified atom stereocenters. The molecule has 0 atom stereocenters. The maximum Gasteiger partial charge on any atom is 0.184 e. The van der Waals surface area contributed by atoms with E-state index in [9.17, 15) is 0 Å². The van der Waals surface area contributed by atoms with Crippen LogP contribution in [0.5, 0.6) is 0 Å². The molecule has 1 aliphatic heterocycles. The van der Waals surface area contributed by atoms with E-state index in [0.717, 1.165) is 25.0 Å². The molecule has 134 valence electrons. The second kappa shape index (κ2) is 12.2. The molecular weight excluding hydrogens is 300 g/mol.